The lowest BCUT2D eigenvalue weighted by molar-refractivity contribution is 0.0474. The van der Waals surface area contributed by atoms with Gasteiger partial charge in [-0.25, -0.2) is 4.79 Å². The van der Waals surface area contributed by atoms with Crippen LogP contribution in [0.5, 0.6) is 0 Å². The second-order valence-corrected chi connectivity index (χ2v) is 9.35. The van der Waals surface area contributed by atoms with E-state index in [4.69, 9.17) is 4.74 Å². The SMILES string of the molecule is CCN1CCN(CCCCNC(=NC)NCC(C)(C)NC(=O)OC(C)(C)C)CC1.I. The number of likely N-dealkylation sites (N-methyl/N-ethyl adjacent to an activating group) is 1. The molecule has 0 unspecified atom stereocenters. The molecule has 0 spiro atoms. The third kappa shape index (κ3) is 13.5. The summed E-state index contributed by atoms with van der Waals surface area (Å²) in [5.74, 6) is 0.751. The second kappa shape index (κ2) is 14.3. The predicted octanol–water partition coefficient (Wildman–Crippen LogP) is 2.49. The molecule has 178 valence electrons. The summed E-state index contributed by atoms with van der Waals surface area (Å²) in [6.07, 6.45) is 1.88. The molecule has 8 nitrogen and oxygen atoms in total. The zero-order chi connectivity index (χ0) is 21.9. The molecule has 0 aliphatic carbocycles. The van der Waals surface area contributed by atoms with Crippen molar-refractivity contribution in [3.63, 3.8) is 0 Å². The topological polar surface area (TPSA) is 81.2 Å². The molecule has 0 aromatic heterocycles. The van der Waals surface area contributed by atoms with E-state index in [0.717, 1.165) is 32.0 Å². The average molecular weight is 541 g/mol. The molecule has 0 saturated carbocycles. The summed E-state index contributed by atoms with van der Waals surface area (Å²) in [4.78, 5) is 21.3. The van der Waals surface area contributed by atoms with Crippen LogP contribution in [-0.2, 0) is 4.74 Å². The fourth-order valence-corrected chi connectivity index (χ4v) is 3.15. The molecule has 1 fully saturated rings. The van der Waals surface area contributed by atoms with Crippen LogP contribution in [0.15, 0.2) is 4.99 Å². The average Bonchev–Trinajstić information content (AvgIpc) is 2.62. The normalized spacial score (nSPS) is 16.6. The van der Waals surface area contributed by atoms with Gasteiger partial charge in [-0.1, -0.05) is 6.92 Å². The summed E-state index contributed by atoms with van der Waals surface area (Å²) in [7, 11) is 1.76. The first-order valence-electron chi connectivity index (χ1n) is 10.9. The minimum absolute atomic E-state index is 0. The van der Waals surface area contributed by atoms with Crippen molar-refractivity contribution >= 4 is 36.0 Å². The van der Waals surface area contributed by atoms with Gasteiger partial charge in [0.25, 0.3) is 0 Å². The lowest BCUT2D eigenvalue weighted by Gasteiger charge is -2.34. The zero-order valence-electron chi connectivity index (χ0n) is 20.1. The fraction of sp³-hybridized carbons (Fsp3) is 0.905. The molecule has 0 atom stereocenters. The number of alkyl carbamates (subject to hydrolysis) is 1. The first kappa shape index (κ1) is 29.2. The monoisotopic (exact) mass is 540 g/mol. The number of hydrogen-bond donors (Lipinski definition) is 3. The first-order chi connectivity index (χ1) is 13.5. The standard InChI is InChI=1S/C21H44N6O2.HI/c1-8-26-13-15-27(16-14-26)12-10-9-11-23-18(22-7)24-17-21(5,6)25-19(28)29-20(2,3)4;/h8-17H2,1-7H3,(H,25,28)(H2,22,23,24);1H. The number of hydrogen-bond acceptors (Lipinski definition) is 5. The van der Waals surface area contributed by atoms with E-state index in [1.54, 1.807) is 7.05 Å². The minimum Gasteiger partial charge on any atom is -0.444 e. The highest BCUT2D eigenvalue weighted by Crippen LogP contribution is 2.09. The van der Waals surface area contributed by atoms with E-state index in [0.29, 0.717) is 6.54 Å². The van der Waals surface area contributed by atoms with Crippen LogP contribution in [0.4, 0.5) is 4.79 Å². The molecule has 1 aliphatic heterocycles. The lowest BCUT2D eigenvalue weighted by atomic mass is 10.1. The summed E-state index contributed by atoms with van der Waals surface area (Å²) >= 11 is 0. The number of piperazine rings is 1. The maximum atomic E-state index is 12.0. The quantitative estimate of drug-likeness (QED) is 0.181. The van der Waals surface area contributed by atoms with Crippen LogP contribution in [-0.4, -0.2) is 92.4 Å². The Morgan fingerprint density at radius 3 is 2.13 bits per heavy atom. The summed E-state index contributed by atoms with van der Waals surface area (Å²) in [6.45, 7) is 20.2. The van der Waals surface area contributed by atoms with Crippen molar-refractivity contribution in [2.45, 2.75) is 65.5 Å². The summed E-state index contributed by atoms with van der Waals surface area (Å²) in [6, 6.07) is 0. The number of halogens is 1. The van der Waals surface area contributed by atoms with Gasteiger partial charge in [0.1, 0.15) is 5.60 Å². The number of carbonyl (C=O) groups is 1. The molecule has 1 heterocycles. The third-order valence-electron chi connectivity index (χ3n) is 4.87. The van der Waals surface area contributed by atoms with Crippen molar-refractivity contribution in [3.05, 3.63) is 0 Å². The van der Waals surface area contributed by atoms with Crippen LogP contribution >= 0.6 is 24.0 Å². The van der Waals surface area contributed by atoms with Crippen molar-refractivity contribution in [3.8, 4) is 0 Å². The van der Waals surface area contributed by atoms with E-state index in [1.165, 1.54) is 32.6 Å². The minimum atomic E-state index is -0.505. The van der Waals surface area contributed by atoms with E-state index in [9.17, 15) is 4.79 Å². The van der Waals surface area contributed by atoms with E-state index in [-0.39, 0.29) is 24.0 Å². The Hall–Kier alpha value is -0.810. The lowest BCUT2D eigenvalue weighted by Crippen LogP contribution is -2.54. The van der Waals surface area contributed by atoms with Crippen LogP contribution in [0, 0.1) is 0 Å². The van der Waals surface area contributed by atoms with Gasteiger partial charge in [-0.05, 0) is 60.5 Å². The summed E-state index contributed by atoms with van der Waals surface area (Å²) in [5, 5.41) is 9.53. The Morgan fingerprint density at radius 2 is 1.60 bits per heavy atom. The van der Waals surface area contributed by atoms with Gasteiger partial charge in [0, 0.05) is 46.3 Å². The molecule has 1 saturated heterocycles. The predicted molar refractivity (Wildman–Crippen MR) is 136 cm³/mol. The smallest absolute Gasteiger partial charge is 0.408 e. The van der Waals surface area contributed by atoms with Gasteiger partial charge in [-0.2, -0.15) is 0 Å². The van der Waals surface area contributed by atoms with Crippen LogP contribution in [0.2, 0.25) is 0 Å². The summed E-state index contributed by atoms with van der Waals surface area (Å²) < 4.78 is 5.33. The van der Waals surface area contributed by atoms with Crippen LogP contribution < -0.4 is 16.0 Å². The van der Waals surface area contributed by atoms with Gasteiger partial charge in [0.15, 0.2) is 5.96 Å². The van der Waals surface area contributed by atoms with Gasteiger partial charge in [0.2, 0.25) is 0 Å². The van der Waals surface area contributed by atoms with Crippen molar-refractivity contribution in [2.24, 2.45) is 4.99 Å². The molecule has 0 radical (unpaired) electrons. The molecular formula is C21H45IN6O2. The molecule has 1 aliphatic rings. The van der Waals surface area contributed by atoms with E-state index < -0.39 is 17.2 Å². The van der Waals surface area contributed by atoms with Crippen molar-refractivity contribution in [1.29, 1.82) is 0 Å². The molecule has 0 aromatic rings. The molecule has 9 heteroatoms. The number of unbranched alkanes of at least 4 members (excludes halogenated alkanes) is 1. The maximum absolute atomic E-state index is 12.0. The second-order valence-electron chi connectivity index (χ2n) is 9.35. The van der Waals surface area contributed by atoms with Crippen LogP contribution in [0.3, 0.4) is 0 Å². The number of rotatable bonds is 9. The Balaban J connectivity index is 0.00000841. The Bertz CT molecular complexity index is 514. The summed E-state index contributed by atoms with van der Waals surface area (Å²) in [5.41, 5.74) is -0.963. The third-order valence-corrected chi connectivity index (χ3v) is 4.87. The van der Waals surface area contributed by atoms with Gasteiger partial charge in [-0.3, -0.25) is 4.99 Å². The van der Waals surface area contributed by atoms with Crippen molar-refractivity contribution in [1.82, 2.24) is 25.8 Å². The van der Waals surface area contributed by atoms with Crippen LogP contribution in [0.1, 0.15) is 54.4 Å². The van der Waals surface area contributed by atoms with Gasteiger partial charge >= 0.3 is 6.09 Å². The first-order valence-corrected chi connectivity index (χ1v) is 10.9. The fourth-order valence-electron chi connectivity index (χ4n) is 3.15. The Morgan fingerprint density at radius 1 is 1.00 bits per heavy atom. The highest BCUT2D eigenvalue weighted by Gasteiger charge is 2.24. The molecule has 1 amide bonds. The Labute approximate surface area is 201 Å². The molecule has 0 aromatic carbocycles. The molecule has 1 rings (SSSR count). The van der Waals surface area contributed by atoms with Gasteiger partial charge in [0.05, 0.1) is 5.54 Å². The molecule has 0 bridgehead atoms. The number of guanidine groups is 1. The zero-order valence-corrected chi connectivity index (χ0v) is 22.5. The number of ether oxygens (including phenoxy) is 1. The van der Waals surface area contributed by atoms with Crippen molar-refractivity contribution in [2.75, 3.05) is 59.4 Å². The highest BCUT2D eigenvalue weighted by atomic mass is 127. The number of nitrogens with one attached hydrogen (secondary N) is 3. The maximum Gasteiger partial charge on any atom is 0.408 e. The largest absolute Gasteiger partial charge is 0.444 e. The molecular weight excluding hydrogens is 495 g/mol. The number of amides is 1. The number of aliphatic imine (C=N–C) groups is 1. The van der Waals surface area contributed by atoms with Gasteiger partial charge in [-0.15, -0.1) is 24.0 Å². The highest BCUT2D eigenvalue weighted by molar-refractivity contribution is 14.0. The van der Waals surface area contributed by atoms with E-state index in [1.807, 2.05) is 34.6 Å². The van der Waals surface area contributed by atoms with E-state index >= 15 is 0 Å². The van der Waals surface area contributed by atoms with E-state index in [2.05, 4.69) is 37.7 Å². The number of carbonyl (C=O) groups excluding carboxylic acids is 1. The number of nitrogens with zero attached hydrogens (tertiary/aromatic N) is 3. The van der Waals surface area contributed by atoms with Crippen molar-refractivity contribution < 1.29 is 9.53 Å². The Kier molecular flexibility index (Phi) is 13.9. The van der Waals surface area contributed by atoms with Gasteiger partial charge < -0.3 is 30.5 Å². The molecule has 30 heavy (non-hydrogen) atoms. The molecule has 3 N–H and O–H groups in total. The van der Waals surface area contributed by atoms with Crippen LogP contribution in [0.25, 0.3) is 0 Å².